The number of rotatable bonds is 2. The monoisotopic (exact) mass is 376 g/mol. The van der Waals surface area contributed by atoms with E-state index in [9.17, 15) is 0 Å². The molecule has 29 heavy (non-hydrogen) atoms. The molecule has 0 N–H and O–H groups in total. The third-order valence-corrected chi connectivity index (χ3v) is 6.31. The van der Waals surface area contributed by atoms with Crippen LogP contribution in [0.3, 0.4) is 0 Å². The van der Waals surface area contributed by atoms with Crippen LogP contribution in [0.2, 0.25) is 0 Å². The van der Waals surface area contributed by atoms with Crippen molar-refractivity contribution < 1.29 is 0 Å². The van der Waals surface area contributed by atoms with Crippen molar-refractivity contribution in [1.29, 1.82) is 0 Å². The van der Waals surface area contributed by atoms with E-state index in [2.05, 4.69) is 102 Å². The fraction of sp³-hybridized carbons (Fsp3) is 0.185. The lowest BCUT2D eigenvalue weighted by atomic mass is 10.0. The molecular formula is C27H24N2. The molecule has 2 heteroatoms. The first kappa shape index (κ1) is 16.7. The molecule has 0 unspecified atom stereocenters. The molecule has 0 atom stereocenters. The van der Waals surface area contributed by atoms with Crippen molar-refractivity contribution in [2.45, 2.75) is 32.7 Å². The smallest absolute Gasteiger partial charge is 0.0592 e. The Hall–Kier alpha value is -3.26. The second kappa shape index (κ2) is 6.12. The van der Waals surface area contributed by atoms with Crippen molar-refractivity contribution in [3.63, 3.8) is 0 Å². The van der Waals surface area contributed by atoms with E-state index in [1.807, 2.05) is 0 Å². The number of para-hydroxylation sites is 2. The molecule has 142 valence electrons. The van der Waals surface area contributed by atoms with Crippen LogP contribution in [0, 0.1) is 0 Å². The Morgan fingerprint density at radius 2 is 1.59 bits per heavy atom. The maximum atomic E-state index is 2.60. The summed E-state index contributed by atoms with van der Waals surface area (Å²) in [5, 5.41) is 4.09. The topological polar surface area (TPSA) is 9.86 Å². The molecule has 0 spiro atoms. The highest BCUT2D eigenvalue weighted by Gasteiger charge is 2.23. The fourth-order valence-electron chi connectivity index (χ4n) is 5.22. The van der Waals surface area contributed by atoms with Crippen LogP contribution in [0.15, 0.2) is 72.8 Å². The molecule has 1 aliphatic carbocycles. The lowest BCUT2D eigenvalue weighted by Gasteiger charge is -2.17. The van der Waals surface area contributed by atoms with Crippen molar-refractivity contribution in [3.8, 4) is 5.69 Å². The summed E-state index contributed by atoms with van der Waals surface area (Å²) < 4.78 is 5.01. The van der Waals surface area contributed by atoms with Gasteiger partial charge < -0.3 is 9.13 Å². The minimum absolute atomic E-state index is 0.428. The molecule has 0 amide bonds. The zero-order valence-corrected chi connectivity index (χ0v) is 16.9. The summed E-state index contributed by atoms with van der Waals surface area (Å²) in [5.74, 6) is 0. The van der Waals surface area contributed by atoms with Crippen LogP contribution in [0.5, 0.6) is 0 Å². The maximum Gasteiger partial charge on any atom is 0.0592 e. The van der Waals surface area contributed by atoms with Gasteiger partial charge in [-0.3, -0.25) is 0 Å². The molecule has 0 aliphatic heterocycles. The predicted octanol–water partition coefficient (Wildman–Crippen LogP) is 7.28. The third-order valence-electron chi connectivity index (χ3n) is 6.31. The quantitative estimate of drug-likeness (QED) is 0.306. The number of fused-ring (bicyclic) bond motifs is 7. The molecule has 2 nitrogen and oxygen atoms in total. The van der Waals surface area contributed by atoms with Gasteiger partial charge in [-0.1, -0.05) is 54.6 Å². The first-order chi connectivity index (χ1) is 14.3. The van der Waals surface area contributed by atoms with Crippen molar-refractivity contribution in [1.82, 2.24) is 9.13 Å². The van der Waals surface area contributed by atoms with Gasteiger partial charge in [-0.2, -0.15) is 0 Å². The van der Waals surface area contributed by atoms with Crippen LogP contribution in [-0.2, 0) is 6.42 Å². The first-order valence-corrected chi connectivity index (χ1v) is 10.6. The molecule has 2 aromatic heterocycles. The lowest BCUT2D eigenvalue weighted by molar-refractivity contribution is 0.593. The second-order valence-corrected chi connectivity index (χ2v) is 8.31. The second-order valence-electron chi connectivity index (χ2n) is 8.31. The van der Waals surface area contributed by atoms with Gasteiger partial charge in [-0.15, -0.1) is 0 Å². The molecule has 0 fully saturated rings. The average Bonchev–Trinajstić information content (AvgIpc) is 3.27. The SMILES string of the molecule is CC(C)n1c2c(c3ccc4c(c5ccccc5n4-c4ccccc4)c31)C=CCC2. The Labute approximate surface area is 170 Å². The summed E-state index contributed by atoms with van der Waals surface area (Å²) in [6, 6.07) is 24.6. The van der Waals surface area contributed by atoms with E-state index in [4.69, 9.17) is 0 Å². The van der Waals surface area contributed by atoms with E-state index in [1.54, 1.807) is 0 Å². The van der Waals surface area contributed by atoms with Gasteiger partial charge in [-0.05, 0) is 51.0 Å². The van der Waals surface area contributed by atoms with Crippen LogP contribution in [-0.4, -0.2) is 9.13 Å². The fourth-order valence-corrected chi connectivity index (χ4v) is 5.22. The molecule has 6 rings (SSSR count). The number of benzene rings is 3. The van der Waals surface area contributed by atoms with E-state index in [0.29, 0.717) is 6.04 Å². The summed E-state index contributed by atoms with van der Waals surface area (Å²) in [6.45, 7) is 4.63. The number of hydrogen-bond donors (Lipinski definition) is 0. The molecule has 2 heterocycles. The Bertz CT molecular complexity index is 1410. The van der Waals surface area contributed by atoms with Gasteiger partial charge in [-0.25, -0.2) is 0 Å². The van der Waals surface area contributed by atoms with E-state index in [1.165, 1.54) is 49.7 Å². The Balaban J connectivity index is 1.88. The van der Waals surface area contributed by atoms with Gasteiger partial charge in [0.1, 0.15) is 0 Å². The Morgan fingerprint density at radius 1 is 0.793 bits per heavy atom. The zero-order valence-electron chi connectivity index (χ0n) is 16.9. The summed E-state index contributed by atoms with van der Waals surface area (Å²) in [4.78, 5) is 0. The van der Waals surface area contributed by atoms with Crippen LogP contribution >= 0.6 is 0 Å². The van der Waals surface area contributed by atoms with Gasteiger partial charge in [0.25, 0.3) is 0 Å². The maximum absolute atomic E-state index is 2.60. The zero-order chi connectivity index (χ0) is 19.5. The van der Waals surface area contributed by atoms with Crippen molar-refractivity contribution in [3.05, 3.63) is 84.1 Å². The highest BCUT2D eigenvalue weighted by Crippen LogP contribution is 2.42. The highest BCUT2D eigenvalue weighted by molar-refractivity contribution is 6.21. The van der Waals surface area contributed by atoms with Crippen LogP contribution in [0.4, 0.5) is 0 Å². The van der Waals surface area contributed by atoms with Crippen LogP contribution < -0.4 is 0 Å². The molecule has 5 aromatic rings. The largest absolute Gasteiger partial charge is 0.341 e. The number of aromatic nitrogens is 2. The summed E-state index contributed by atoms with van der Waals surface area (Å²) in [5.41, 5.74) is 8.06. The molecule has 0 bridgehead atoms. The van der Waals surface area contributed by atoms with Crippen LogP contribution in [0.25, 0.3) is 44.5 Å². The molecular weight excluding hydrogens is 352 g/mol. The predicted molar refractivity (Wildman–Crippen MR) is 124 cm³/mol. The van der Waals surface area contributed by atoms with E-state index in [-0.39, 0.29) is 0 Å². The van der Waals surface area contributed by atoms with Gasteiger partial charge in [0, 0.05) is 39.1 Å². The molecule has 1 aliphatic rings. The standard InChI is InChI=1S/C27H24N2/c1-18(2)28-23-14-8-6-12-20(23)21-16-17-25-26(27(21)28)22-13-7-9-15-24(22)29(25)19-10-4-3-5-11-19/h3-7,9-13,15-18H,8,14H2,1-2H3. The number of nitrogens with zero attached hydrogens (tertiary/aromatic N) is 2. The van der Waals surface area contributed by atoms with Gasteiger partial charge in [0.05, 0.1) is 16.6 Å². The van der Waals surface area contributed by atoms with Gasteiger partial charge in [0.15, 0.2) is 0 Å². The summed E-state index contributed by atoms with van der Waals surface area (Å²) in [7, 11) is 0. The van der Waals surface area contributed by atoms with Crippen molar-refractivity contribution in [2.75, 3.05) is 0 Å². The first-order valence-electron chi connectivity index (χ1n) is 10.6. The van der Waals surface area contributed by atoms with Gasteiger partial charge in [0.2, 0.25) is 0 Å². The van der Waals surface area contributed by atoms with E-state index < -0.39 is 0 Å². The Morgan fingerprint density at radius 3 is 2.41 bits per heavy atom. The number of allylic oxidation sites excluding steroid dienone is 1. The molecule has 0 radical (unpaired) electrons. The lowest BCUT2D eigenvalue weighted by Crippen LogP contribution is -2.07. The summed E-state index contributed by atoms with van der Waals surface area (Å²) in [6.07, 6.45) is 6.91. The molecule has 3 aromatic carbocycles. The number of hydrogen-bond acceptors (Lipinski definition) is 0. The minimum Gasteiger partial charge on any atom is -0.341 e. The molecule has 0 saturated heterocycles. The van der Waals surface area contributed by atoms with Crippen LogP contribution in [0.1, 0.15) is 37.6 Å². The molecule has 0 saturated carbocycles. The average molecular weight is 377 g/mol. The van der Waals surface area contributed by atoms with Crippen molar-refractivity contribution in [2.24, 2.45) is 0 Å². The van der Waals surface area contributed by atoms with E-state index in [0.717, 1.165) is 12.8 Å². The minimum atomic E-state index is 0.428. The van der Waals surface area contributed by atoms with Gasteiger partial charge >= 0.3 is 0 Å². The summed E-state index contributed by atoms with van der Waals surface area (Å²) >= 11 is 0. The van der Waals surface area contributed by atoms with E-state index >= 15 is 0 Å². The van der Waals surface area contributed by atoms with Crippen molar-refractivity contribution >= 4 is 38.8 Å². The Kier molecular flexibility index (Phi) is 3.52. The normalized spacial score (nSPS) is 13.8. The third kappa shape index (κ3) is 2.23. The highest BCUT2D eigenvalue weighted by atomic mass is 15.0.